The van der Waals surface area contributed by atoms with Crippen molar-refractivity contribution < 1.29 is 19.4 Å². The molecule has 0 aliphatic carbocycles. The fourth-order valence-electron chi connectivity index (χ4n) is 5.57. The zero-order valence-corrected chi connectivity index (χ0v) is 23.1. The topological polar surface area (TPSA) is 89.4 Å². The van der Waals surface area contributed by atoms with Crippen molar-refractivity contribution in [2.75, 3.05) is 6.61 Å². The third-order valence-electron chi connectivity index (χ3n) is 7.46. The van der Waals surface area contributed by atoms with E-state index in [4.69, 9.17) is 9.47 Å². The number of aryl methyl sites for hydroxylation is 3. The molecule has 0 aliphatic heterocycles. The number of ether oxygens (including phenoxy) is 2. The Morgan fingerprint density at radius 3 is 2.46 bits per heavy atom. The van der Waals surface area contributed by atoms with Crippen molar-refractivity contribution in [1.29, 1.82) is 0 Å². The monoisotopic (exact) mass is 545 g/mol. The van der Waals surface area contributed by atoms with Gasteiger partial charge in [0, 0.05) is 28.9 Å². The van der Waals surface area contributed by atoms with E-state index < -0.39 is 5.97 Å². The lowest BCUT2D eigenvalue weighted by Crippen LogP contribution is -2.04. The molecule has 0 radical (unpaired) electrons. The molecule has 4 aromatic carbocycles. The number of carboxylic acid groups (broad SMARTS) is 1. The summed E-state index contributed by atoms with van der Waals surface area (Å²) < 4.78 is 14.0. The third kappa shape index (κ3) is 5.14. The number of carbonyl (C=O) groups is 1. The van der Waals surface area contributed by atoms with Crippen molar-refractivity contribution in [2.45, 2.75) is 26.4 Å². The molecule has 2 N–H and O–H groups in total. The second-order valence-electron chi connectivity index (χ2n) is 10.1. The number of carboxylic acids is 1. The minimum Gasteiger partial charge on any atom is -0.493 e. The maximum absolute atomic E-state index is 12.3. The summed E-state index contributed by atoms with van der Waals surface area (Å²) in [4.78, 5) is 15.6. The van der Waals surface area contributed by atoms with Crippen molar-refractivity contribution in [3.05, 3.63) is 114 Å². The fraction of sp³-hybridized carbons (Fsp3) is 0.176. The van der Waals surface area contributed by atoms with Crippen molar-refractivity contribution in [2.24, 2.45) is 7.05 Å². The molecule has 0 aliphatic rings. The van der Waals surface area contributed by atoms with E-state index in [1.54, 1.807) is 0 Å². The molecule has 6 aromatic rings. The molecule has 0 fully saturated rings. The Morgan fingerprint density at radius 1 is 0.902 bits per heavy atom. The van der Waals surface area contributed by atoms with Crippen molar-refractivity contribution in [1.82, 2.24) is 14.8 Å². The van der Waals surface area contributed by atoms with Crippen LogP contribution in [0.2, 0.25) is 0 Å². The molecule has 0 atom stereocenters. The predicted molar refractivity (Wildman–Crippen MR) is 161 cm³/mol. The fourth-order valence-corrected chi connectivity index (χ4v) is 5.57. The molecule has 2 heterocycles. The SMILES string of the molecule is Cc1nn(C)c(COc2ccccc2)c1-c1cccc2c(CCCOc3cccc4ccccc34)c(C(=O)O)[nH]c12. The number of aromatic nitrogens is 3. The number of fused-ring (bicyclic) bond motifs is 2. The van der Waals surface area contributed by atoms with Gasteiger partial charge in [0.25, 0.3) is 0 Å². The van der Waals surface area contributed by atoms with Crippen LogP contribution in [0.3, 0.4) is 0 Å². The Bertz CT molecular complexity index is 1850. The number of benzene rings is 4. The summed E-state index contributed by atoms with van der Waals surface area (Å²) in [7, 11) is 1.90. The van der Waals surface area contributed by atoms with Gasteiger partial charge in [-0.05, 0) is 48.9 Å². The van der Waals surface area contributed by atoms with Crippen LogP contribution in [0.5, 0.6) is 11.5 Å². The lowest BCUT2D eigenvalue weighted by Gasteiger charge is -2.11. The van der Waals surface area contributed by atoms with E-state index >= 15 is 0 Å². The Kier molecular flexibility index (Phi) is 7.17. The predicted octanol–water partition coefficient (Wildman–Crippen LogP) is 7.32. The first-order valence-electron chi connectivity index (χ1n) is 13.7. The van der Waals surface area contributed by atoms with Gasteiger partial charge < -0.3 is 19.6 Å². The molecule has 0 spiro atoms. The highest BCUT2D eigenvalue weighted by Crippen LogP contribution is 2.36. The van der Waals surface area contributed by atoms with Crippen LogP contribution in [0.15, 0.2) is 91.0 Å². The van der Waals surface area contributed by atoms with Crippen LogP contribution in [-0.2, 0) is 20.1 Å². The van der Waals surface area contributed by atoms with E-state index in [1.807, 2.05) is 97.5 Å². The summed E-state index contributed by atoms with van der Waals surface area (Å²) in [5, 5.41) is 17.9. The number of aromatic carboxylic acids is 1. The molecule has 206 valence electrons. The van der Waals surface area contributed by atoms with Gasteiger partial charge >= 0.3 is 5.97 Å². The number of H-pyrrole nitrogens is 1. The van der Waals surface area contributed by atoms with Crippen LogP contribution in [-0.4, -0.2) is 32.4 Å². The van der Waals surface area contributed by atoms with Crippen LogP contribution in [0.4, 0.5) is 0 Å². The first kappa shape index (κ1) is 26.2. The van der Waals surface area contributed by atoms with Crippen molar-refractivity contribution in [3.8, 4) is 22.6 Å². The average Bonchev–Trinajstić information content (AvgIpc) is 3.50. The van der Waals surface area contributed by atoms with Gasteiger partial charge in [0.1, 0.15) is 23.8 Å². The molecule has 0 unspecified atom stereocenters. The Hall–Kier alpha value is -5.04. The minimum atomic E-state index is -0.979. The van der Waals surface area contributed by atoms with Gasteiger partial charge in [0.2, 0.25) is 0 Å². The van der Waals surface area contributed by atoms with Crippen LogP contribution in [0.25, 0.3) is 32.8 Å². The Labute approximate surface area is 238 Å². The van der Waals surface area contributed by atoms with Crippen LogP contribution in [0.1, 0.15) is 33.9 Å². The molecule has 0 amide bonds. The molecule has 41 heavy (non-hydrogen) atoms. The Balaban J connectivity index is 1.29. The molecule has 0 saturated heterocycles. The van der Waals surface area contributed by atoms with Crippen LogP contribution >= 0.6 is 0 Å². The molecule has 0 saturated carbocycles. The van der Waals surface area contributed by atoms with Crippen molar-refractivity contribution >= 4 is 27.6 Å². The highest BCUT2D eigenvalue weighted by molar-refractivity contribution is 6.03. The molecule has 7 nitrogen and oxygen atoms in total. The quantitative estimate of drug-likeness (QED) is 0.176. The van der Waals surface area contributed by atoms with Gasteiger partial charge in [-0.15, -0.1) is 0 Å². The molecular formula is C34H31N3O4. The standard InChI is InChI=1S/C34H31N3O4/c1-22-31(29(37(2)36-22)21-41-24-13-4-3-5-14-24)28-17-9-16-26-27(33(34(38)39)35-32(26)28)18-10-20-40-30-19-8-12-23-11-6-7-15-25(23)30/h3-9,11-17,19,35H,10,18,20-21H2,1-2H3,(H,38,39). The summed E-state index contributed by atoms with van der Waals surface area (Å²) in [5.41, 5.74) is 5.38. The lowest BCUT2D eigenvalue weighted by atomic mass is 9.98. The number of hydrogen-bond acceptors (Lipinski definition) is 4. The highest BCUT2D eigenvalue weighted by atomic mass is 16.5. The smallest absolute Gasteiger partial charge is 0.352 e. The largest absolute Gasteiger partial charge is 0.493 e. The summed E-state index contributed by atoms with van der Waals surface area (Å²) in [6.07, 6.45) is 1.23. The number of hydrogen-bond donors (Lipinski definition) is 2. The first-order chi connectivity index (χ1) is 20.0. The number of nitrogens with zero attached hydrogens (tertiary/aromatic N) is 2. The van der Waals surface area contributed by atoms with E-state index in [9.17, 15) is 9.90 Å². The first-order valence-corrected chi connectivity index (χ1v) is 13.7. The zero-order chi connectivity index (χ0) is 28.3. The van der Waals surface area contributed by atoms with Gasteiger partial charge in [-0.1, -0.05) is 72.8 Å². The molecular weight excluding hydrogens is 514 g/mol. The number of aromatic amines is 1. The summed E-state index contributed by atoms with van der Waals surface area (Å²) in [5.74, 6) is 0.629. The molecule has 0 bridgehead atoms. The van der Waals surface area contributed by atoms with E-state index in [0.29, 0.717) is 26.1 Å². The van der Waals surface area contributed by atoms with Crippen molar-refractivity contribution in [3.63, 3.8) is 0 Å². The summed E-state index contributed by atoms with van der Waals surface area (Å²) in [6, 6.07) is 29.8. The van der Waals surface area contributed by atoms with E-state index in [-0.39, 0.29) is 5.69 Å². The molecule has 7 heteroatoms. The van der Waals surface area contributed by atoms with E-state index in [2.05, 4.69) is 22.2 Å². The van der Waals surface area contributed by atoms with Gasteiger partial charge in [0.15, 0.2) is 0 Å². The molecule has 2 aromatic heterocycles. The van der Waals surface area contributed by atoms with Gasteiger partial charge in [0.05, 0.1) is 23.5 Å². The number of nitrogens with one attached hydrogen (secondary N) is 1. The third-order valence-corrected chi connectivity index (χ3v) is 7.46. The zero-order valence-electron chi connectivity index (χ0n) is 23.1. The maximum atomic E-state index is 12.3. The van der Waals surface area contributed by atoms with Gasteiger partial charge in [-0.2, -0.15) is 5.10 Å². The van der Waals surface area contributed by atoms with E-state index in [0.717, 1.165) is 61.3 Å². The van der Waals surface area contributed by atoms with E-state index in [1.165, 1.54) is 0 Å². The maximum Gasteiger partial charge on any atom is 0.352 e. The number of para-hydroxylation sites is 2. The summed E-state index contributed by atoms with van der Waals surface area (Å²) in [6.45, 7) is 2.77. The number of rotatable bonds is 10. The van der Waals surface area contributed by atoms with Gasteiger partial charge in [-0.3, -0.25) is 4.68 Å². The lowest BCUT2D eigenvalue weighted by molar-refractivity contribution is 0.0690. The Morgan fingerprint density at radius 2 is 1.63 bits per heavy atom. The average molecular weight is 546 g/mol. The highest BCUT2D eigenvalue weighted by Gasteiger charge is 2.23. The molecule has 6 rings (SSSR count). The summed E-state index contributed by atoms with van der Waals surface area (Å²) >= 11 is 0. The van der Waals surface area contributed by atoms with Crippen LogP contribution < -0.4 is 9.47 Å². The normalized spacial score (nSPS) is 11.3. The minimum absolute atomic E-state index is 0.209. The van der Waals surface area contributed by atoms with Gasteiger partial charge in [-0.25, -0.2) is 4.79 Å². The second-order valence-corrected chi connectivity index (χ2v) is 10.1. The second kappa shape index (κ2) is 11.2. The van der Waals surface area contributed by atoms with Crippen LogP contribution in [0, 0.1) is 6.92 Å².